The van der Waals surface area contributed by atoms with Crippen molar-refractivity contribution < 1.29 is 0 Å². The van der Waals surface area contributed by atoms with Crippen molar-refractivity contribution in [3.63, 3.8) is 0 Å². The van der Waals surface area contributed by atoms with Crippen molar-refractivity contribution in [1.29, 1.82) is 0 Å². The quantitative estimate of drug-likeness (QED) is 0.819. The lowest BCUT2D eigenvalue weighted by atomic mass is 10.0. The Morgan fingerprint density at radius 3 is 2.89 bits per heavy atom. The number of anilines is 1. The van der Waals surface area contributed by atoms with E-state index in [2.05, 4.69) is 44.9 Å². The highest BCUT2D eigenvalue weighted by Crippen LogP contribution is 2.25. The molecule has 1 aliphatic rings. The van der Waals surface area contributed by atoms with Crippen molar-refractivity contribution in [2.45, 2.75) is 18.9 Å². The SMILES string of the molecule is CN(C)C1CCCN(c2cnn(C)c(=O)c2Br)C1. The van der Waals surface area contributed by atoms with Gasteiger partial charge in [-0.1, -0.05) is 0 Å². The molecule has 100 valence electrons. The van der Waals surface area contributed by atoms with E-state index in [0.717, 1.165) is 25.2 Å². The van der Waals surface area contributed by atoms with Crippen LogP contribution in [-0.2, 0) is 7.05 Å². The molecule has 0 aromatic carbocycles. The molecule has 1 aromatic rings. The van der Waals surface area contributed by atoms with Crippen molar-refractivity contribution in [1.82, 2.24) is 14.7 Å². The van der Waals surface area contributed by atoms with E-state index in [1.54, 1.807) is 13.2 Å². The molecular formula is C12H19BrN4O. The van der Waals surface area contributed by atoms with Gasteiger partial charge in [-0.05, 0) is 42.9 Å². The van der Waals surface area contributed by atoms with E-state index in [-0.39, 0.29) is 5.56 Å². The van der Waals surface area contributed by atoms with Gasteiger partial charge >= 0.3 is 0 Å². The standard InChI is InChI=1S/C12H19BrN4O/c1-15(2)9-5-4-6-17(8-9)10-7-14-16(3)12(18)11(10)13/h7,9H,4-6,8H2,1-3H3. The zero-order valence-corrected chi connectivity index (χ0v) is 12.6. The summed E-state index contributed by atoms with van der Waals surface area (Å²) in [4.78, 5) is 16.4. The summed E-state index contributed by atoms with van der Waals surface area (Å²) in [7, 11) is 5.87. The molecule has 2 heterocycles. The summed E-state index contributed by atoms with van der Waals surface area (Å²) in [5.74, 6) is 0. The zero-order valence-electron chi connectivity index (χ0n) is 11.1. The van der Waals surface area contributed by atoms with Gasteiger partial charge in [-0.2, -0.15) is 5.10 Å². The lowest BCUT2D eigenvalue weighted by molar-refractivity contribution is 0.258. The van der Waals surface area contributed by atoms with Crippen LogP contribution >= 0.6 is 15.9 Å². The van der Waals surface area contributed by atoms with Crippen LogP contribution in [0.25, 0.3) is 0 Å². The molecule has 1 aromatic heterocycles. The first-order valence-electron chi connectivity index (χ1n) is 6.14. The first-order chi connectivity index (χ1) is 8.50. The Balaban J connectivity index is 2.26. The van der Waals surface area contributed by atoms with Gasteiger partial charge < -0.3 is 9.80 Å². The van der Waals surface area contributed by atoms with Gasteiger partial charge in [0.05, 0.1) is 11.9 Å². The highest BCUT2D eigenvalue weighted by molar-refractivity contribution is 9.10. The lowest BCUT2D eigenvalue weighted by Crippen LogP contribution is -2.45. The van der Waals surface area contributed by atoms with Gasteiger partial charge in [0.25, 0.3) is 5.56 Å². The van der Waals surface area contributed by atoms with Crippen molar-refractivity contribution in [3.05, 3.63) is 21.0 Å². The van der Waals surface area contributed by atoms with E-state index in [1.807, 2.05) is 0 Å². The van der Waals surface area contributed by atoms with E-state index in [0.29, 0.717) is 10.5 Å². The number of halogens is 1. The van der Waals surface area contributed by atoms with Crippen LogP contribution in [0.15, 0.2) is 15.5 Å². The number of aryl methyl sites for hydroxylation is 1. The minimum absolute atomic E-state index is 0.0838. The number of aromatic nitrogens is 2. The van der Waals surface area contributed by atoms with Crippen LogP contribution < -0.4 is 10.5 Å². The Morgan fingerprint density at radius 2 is 2.22 bits per heavy atom. The fourth-order valence-corrected chi connectivity index (χ4v) is 2.93. The molecule has 6 heteroatoms. The molecule has 0 saturated carbocycles. The molecule has 2 rings (SSSR count). The van der Waals surface area contributed by atoms with E-state index in [9.17, 15) is 4.79 Å². The van der Waals surface area contributed by atoms with Crippen LogP contribution in [0.4, 0.5) is 5.69 Å². The van der Waals surface area contributed by atoms with Crippen LogP contribution in [0.5, 0.6) is 0 Å². The number of nitrogens with zero attached hydrogens (tertiary/aromatic N) is 4. The highest BCUT2D eigenvalue weighted by Gasteiger charge is 2.23. The van der Waals surface area contributed by atoms with Crippen molar-refractivity contribution in [2.24, 2.45) is 7.05 Å². The van der Waals surface area contributed by atoms with Crippen molar-refractivity contribution in [2.75, 3.05) is 32.1 Å². The van der Waals surface area contributed by atoms with Crippen molar-refractivity contribution in [3.8, 4) is 0 Å². The molecule has 0 aliphatic carbocycles. The highest BCUT2D eigenvalue weighted by atomic mass is 79.9. The molecule has 1 fully saturated rings. The third-order valence-corrected chi connectivity index (χ3v) is 4.27. The van der Waals surface area contributed by atoms with Crippen molar-refractivity contribution >= 4 is 21.6 Å². The smallest absolute Gasteiger partial charge is 0.282 e. The molecule has 18 heavy (non-hydrogen) atoms. The first-order valence-corrected chi connectivity index (χ1v) is 6.93. The molecule has 0 spiro atoms. The number of hydrogen-bond donors (Lipinski definition) is 0. The summed E-state index contributed by atoms with van der Waals surface area (Å²) < 4.78 is 1.96. The zero-order chi connectivity index (χ0) is 13.3. The van der Waals surface area contributed by atoms with E-state index in [1.165, 1.54) is 11.1 Å². The van der Waals surface area contributed by atoms with Gasteiger partial charge in [0.2, 0.25) is 0 Å². The van der Waals surface area contributed by atoms with E-state index >= 15 is 0 Å². The van der Waals surface area contributed by atoms with Gasteiger partial charge in [-0.15, -0.1) is 0 Å². The number of likely N-dealkylation sites (N-methyl/N-ethyl adjacent to an activating group) is 1. The molecule has 0 bridgehead atoms. The molecule has 0 amide bonds. The third kappa shape index (κ3) is 2.59. The monoisotopic (exact) mass is 314 g/mol. The molecule has 1 atom stereocenters. The predicted octanol–water partition coefficient (Wildman–Crippen LogP) is 1.07. The number of hydrogen-bond acceptors (Lipinski definition) is 4. The average Bonchev–Trinajstić information content (AvgIpc) is 2.36. The fourth-order valence-electron chi connectivity index (χ4n) is 2.32. The second kappa shape index (κ2) is 5.40. The fraction of sp³-hybridized carbons (Fsp3) is 0.667. The van der Waals surface area contributed by atoms with Crippen LogP contribution in [0.1, 0.15) is 12.8 Å². The van der Waals surface area contributed by atoms with Crippen LogP contribution in [0.2, 0.25) is 0 Å². The molecule has 1 aliphatic heterocycles. The van der Waals surface area contributed by atoms with Gasteiger partial charge in [-0.25, -0.2) is 4.68 Å². The van der Waals surface area contributed by atoms with Gasteiger partial charge in [-0.3, -0.25) is 4.79 Å². The second-order valence-electron chi connectivity index (χ2n) is 4.98. The maximum atomic E-state index is 11.9. The Kier molecular flexibility index (Phi) is 4.07. The van der Waals surface area contributed by atoms with Gasteiger partial charge in [0.15, 0.2) is 0 Å². The summed E-state index contributed by atoms with van der Waals surface area (Å²) in [5, 5.41) is 4.10. The molecular weight excluding hydrogens is 296 g/mol. The summed E-state index contributed by atoms with van der Waals surface area (Å²) >= 11 is 3.39. The minimum atomic E-state index is -0.0838. The summed E-state index contributed by atoms with van der Waals surface area (Å²) in [6.07, 6.45) is 4.12. The van der Waals surface area contributed by atoms with Crippen LogP contribution in [0.3, 0.4) is 0 Å². The maximum absolute atomic E-state index is 11.9. The summed E-state index contributed by atoms with van der Waals surface area (Å²) in [6.45, 7) is 1.93. The minimum Gasteiger partial charge on any atom is -0.368 e. The van der Waals surface area contributed by atoms with Crippen LogP contribution in [-0.4, -0.2) is 47.9 Å². The summed E-state index contributed by atoms with van der Waals surface area (Å²) in [5.41, 5.74) is 0.823. The second-order valence-corrected chi connectivity index (χ2v) is 5.77. The Hall–Kier alpha value is -0.880. The number of rotatable bonds is 2. The predicted molar refractivity (Wildman–Crippen MR) is 76.1 cm³/mol. The average molecular weight is 315 g/mol. The third-order valence-electron chi connectivity index (χ3n) is 3.53. The number of piperidine rings is 1. The van der Waals surface area contributed by atoms with E-state index in [4.69, 9.17) is 0 Å². The molecule has 1 saturated heterocycles. The normalized spacial score (nSPS) is 20.5. The molecule has 1 unspecified atom stereocenters. The lowest BCUT2D eigenvalue weighted by Gasteiger charge is -2.37. The van der Waals surface area contributed by atoms with Crippen LogP contribution in [0, 0.1) is 0 Å². The topological polar surface area (TPSA) is 41.4 Å². The molecule has 5 nitrogen and oxygen atoms in total. The largest absolute Gasteiger partial charge is 0.368 e. The maximum Gasteiger partial charge on any atom is 0.282 e. The Labute approximate surface area is 116 Å². The van der Waals surface area contributed by atoms with Gasteiger partial charge in [0, 0.05) is 26.2 Å². The van der Waals surface area contributed by atoms with E-state index < -0.39 is 0 Å². The Bertz CT molecular complexity index is 485. The summed E-state index contributed by atoms with van der Waals surface area (Å²) in [6, 6.07) is 0.537. The van der Waals surface area contributed by atoms with Gasteiger partial charge in [0.1, 0.15) is 4.47 Å². The molecule has 0 radical (unpaired) electrons. The molecule has 0 N–H and O–H groups in total. The first kappa shape index (κ1) is 13.5. The Morgan fingerprint density at radius 1 is 1.50 bits per heavy atom.